The smallest absolute Gasteiger partial charge is 0.254 e. The molecule has 1 aromatic carbocycles. The molecule has 9 heteroatoms. The number of benzene rings is 1. The van der Waals surface area contributed by atoms with Gasteiger partial charge in [0.25, 0.3) is 5.91 Å². The van der Waals surface area contributed by atoms with E-state index in [1.54, 1.807) is 33.5 Å². The Morgan fingerprint density at radius 3 is 2.12 bits per heavy atom. The summed E-state index contributed by atoms with van der Waals surface area (Å²) in [7, 11) is 4.64. The number of piperidine rings is 1. The zero-order valence-electron chi connectivity index (χ0n) is 20.6. The van der Waals surface area contributed by atoms with E-state index in [0.29, 0.717) is 55.0 Å². The lowest BCUT2D eigenvalue weighted by molar-refractivity contribution is 0.0745. The van der Waals surface area contributed by atoms with Gasteiger partial charge in [-0.3, -0.25) is 4.79 Å². The van der Waals surface area contributed by atoms with Crippen LogP contribution in [0.2, 0.25) is 0 Å². The predicted octanol–water partition coefficient (Wildman–Crippen LogP) is 3.23. The molecule has 3 heterocycles. The summed E-state index contributed by atoms with van der Waals surface area (Å²) in [5.41, 5.74) is 0.513. The number of piperazine rings is 1. The third-order valence-corrected chi connectivity index (χ3v) is 6.83. The third-order valence-electron chi connectivity index (χ3n) is 6.83. The highest BCUT2D eigenvalue weighted by Gasteiger charge is 2.26. The molecular formula is C25H35N5O4. The fraction of sp³-hybridized carbons (Fsp3) is 0.560. The lowest BCUT2D eigenvalue weighted by atomic mass is 10.0. The minimum Gasteiger partial charge on any atom is -0.493 e. The molecule has 1 atom stereocenters. The Morgan fingerprint density at radius 2 is 1.56 bits per heavy atom. The van der Waals surface area contributed by atoms with Crippen molar-refractivity contribution in [3.8, 4) is 17.2 Å². The van der Waals surface area contributed by atoms with Crippen molar-refractivity contribution in [2.45, 2.75) is 38.6 Å². The predicted molar refractivity (Wildman–Crippen MR) is 132 cm³/mol. The van der Waals surface area contributed by atoms with Gasteiger partial charge in [0.15, 0.2) is 23.1 Å². The summed E-state index contributed by atoms with van der Waals surface area (Å²) >= 11 is 0. The number of amides is 1. The Bertz CT molecular complexity index is 951. The third kappa shape index (κ3) is 4.83. The number of methoxy groups -OCH3 is 3. The summed E-state index contributed by atoms with van der Waals surface area (Å²) in [6.45, 7) is 5.89. The van der Waals surface area contributed by atoms with Crippen molar-refractivity contribution in [2.24, 2.45) is 0 Å². The molecule has 1 amide bonds. The van der Waals surface area contributed by atoms with E-state index < -0.39 is 0 Å². The number of hydrogen-bond donors (Lipinski definition) is 0. The SMILES string of the molecule is CCC1CCCCN1c1ccc(N2CCN(C(=O)c3cc(OC)c(OC)c(OC)c3)CC2)nn1. The van der Waals surface area contributed by atoms with Gasteiger partial charge >= 0.3 is 0 Å². The number of anilines is 2. The first-order valence-electron chi connectivity index (χ1n) is 12.0. The lowest BCUT2D eigenvalue weighted by Gasteiger charge is -2.37. The zero-order valence-corrected chi connectivity index (χ0v) is 20.6. The van der Waals surface area contributed by atoms with Crippen molar-refractivity contribution >= 4 is 17.5 Å². The highest BCUT2D eigenvalue weighted by Crippen LogP contribution is 2.38. The molecule has 0 aliphatic carbocycles. The second kappa shape index (κ2) is 10.8. The van der Waals surface area contributed by atoms with Crippen molar-refractivity contribution in [3.63, 3.8) is 0 Å². The van der Waals surface area contributed by atoms with Crippen LogP contribution >= 0.6 is 0 Å². The second-order valence-electron chi connectivity index (χ2n) is 8.69. The topological polar surface area (TPSA) is 80.3 Å². The molecule has 0 radical (unpaired) electrons. The molecule has 2 fully saturated rings. The Labute approximate surface area is 201 Å². The van der Waals surface area contributed by atoms with Gasteiger partial charge < -0.3 is 28.9 Å². The molecule has 0 spiro atoms. The van der Waals surface area contributed by atoms with Crippen LogP contribution in [0.1, 0.15) is 43.0 Å². The van der Waals surface area contributed by atoms with Crippen LogP contribution in [0.4, 0.5) is 11.6 Å². The maximum atomic E-state index is 13.2. The Balaban J connectivity index is 1.40. The molecule has 2 aromatic rings. The van der Waals surface area contributed by atoms with Crippen molar-refractivity contribution in [2.75, 3.05) is 63.9 Å². The Kier molecular flexibility index (Phi) is 7.59. The molecule has 0 saturated carbocycles. The van der Waals surface area contributed by atoms with Crippen molar-refractivity contribution in [3.05, 3.63) is 29.8 Å². The molecule has 1 unspecified atom stereocenters. The largest absolute Gasteiger partial charge is 0.493 e. The Hall–Kier alpha value is -3.23. The number of carbonyl (C=O) groups is 1. The molecule has 0 bridgehead atoms. The standard InChI is InChI=1S/C25H35N5O4/c1-5-19-8-6-7-11-30(19)23-10-9-22(26-27-23)28-12-14-29(15-13-28)25(31)18-16-20(32-2)24(34-4)21(17-18)33-3/h9-10,16-17,19H,5-8,11-15H2,1-4H3. The molecule has 2 aliphatic heterocycles. The van der Waals surface area contributed by atoms with Crippen LogP contribution in [0.3, 0.4) is 0 Å². The van der Waals surface area contributed by atoms with Crippen LogP contribution in [0, 0.1) is 0 Å². The zero-order chi connectivity index (χ0) is 24.1. The highest BCUT2D eigenvalue weighted by atomic mass is 16.5. The summed E-state index contributed by atoms with van der Waals surface area (Å²) in [6.07, 6.45) is 4.86. The number of ether oxygens (including phenoxy) is 3. The van der Waals surface area contributed by atoms with Gasteiger partial charge in [-0.1, -0.05) is 6.92 Å². The van der Waals surface area contributed by atoms with E-state index in [9.17, 15) is 4.79 Å². The van der Waals surface area contributed by atoms with E-state index >= 15 is 0 Å². The molecule has 9 nitrogen and oxygen atoms in total. The van der Waals surface area contributed by atoms with E-state index in [4.69, 9.17) is 14.2 Å². The minimum absolute atomic E-state index is 0.0592. The van der Waals surface area contributed by atoms with Crippen molar-refractivity contribution < 1.29 is 19.0 Å². The van der Waals surface area contributed by atoms with E-state index in [0.717, 1.165) is 24.6 Å². The van der Waals surface area contributed by atoms with Crippen LogP contribution in [0.5, 0.6) is 17.2 Å². The number of aromatic nitrogens is 2. The average Bonchev–Trinajstić information content (AvgIpc) is 2.91. The van der Waals surface area contributed by atoms with Gasteiger partial charge in [-0.15, -0.1) is 10.2 Å². The molecular weight excluding hydrogens is 434 g/mol. The average molecular weight is 470 g/mol. The van der Waals surface area contributed by atoms with Gasteiger partial charge in [0.1, 0.15) is 0 Å². The molecule has 34 heavy (non-hydrogen) atoms. The van der Waals surface area contributed by atoms with Gasteiger partial charge in [0.2, 0.25) is 5.75 Å². The first-order chi connectivity index (χ1) is 16.6. The lowest BCUT2D eigenvalue weighted by Crippen LogP contribution is -2.49. The van der Waals surface area contributed by atoms with E-state index in [1.165, 1.54) is 19.3 Å². The summed E-state index contributed by atoms with van der Waals surface area (Å²) in [6, 6.07) is 8.09. The normalized spacial score (nSPS) is 18.6. The van der Waals surface area contributed by atoms with Crippen molar-refractivity contribution in [1.82, 2.24) is 15.1 Å². The number of nitrogens with zero attached hydrogens (tertiary/aromatic N) is 5. The maximum absolute atomic E-state index is 13.2. The summed E-state index contributed by atoms with van der Waals surface area (Å²) in [5.74, 6) is 3.18. The molecule has 0 N–H and O–H groups in total. The van der Waals surface area contributed by atoms with Crippen LogP contribution in [0.15, 0.2) is 24.3 Å². The highest BCUT2D eigenvalue weighted by molar-refractivity contribution is 5.95. The van der Waals surface area contributed by atoms with E-state index in [-0.39, 0.29) is 5.91 Å². The quantitative estimate of drug-likeness (QED) is 0.612. The monoisotopic (exact) mass is 469 g/mol. The van der Waals surface area contributed by atoms with Gasteiger partial charge in [-0.05, 0) is 49.9 Å². The summed E-state index contributed by atoms with van der Waals surface area (Å²) < 4.78 is 16.2. The molecule has 1 aromatic heterocycles. The Morgan fingerprint density at radius 1 is 0.912 bits per heavy atom. The number of carbonyl (C=O) groups excluding carboxylic acids is 1. The van der Waals surface area contributed by atoms with E-state index in [1.807, 2.05) is 4.90 Å². The van der Waals surface area contributed by atoms with Crippen molar-refractivity contribution in [1.29, 1.82) is 0 Å². The molecule has 4 rings (SSSR count). The maximum Gasteiger partial charge on any atom is 0.254 e. The first-order valence-corrected chi connectivity index (χ1v) is 12.0. The summed E-state index contributed by atoms with van der Waals surface area (Å²) in [4.78, 5) is 19.6. The minimum atomic E-state index is -0.0592. The molecule has 2 aliphatic rings. The van der Waals surface area contributed by atoms with Crippen LogP contribution in [-0.2, 0) is 0 Å². The summed E-state index contributed by atoms with van der Waals surface area (Å²) in [5, 5.41) is 9.07. The van der Waals surface area contributed by atoms with Crippen LogP contribution in [-0.4, -0.2) is 81.1 Å². The van der Waals surface area contributed by atoms with E-state index in [2.05, 4.69) is 39.1 Å². The van der Waals surface area contributed by atoms with Gasteiger partial charge in [0, 0.05) is 44.3 Å². The number of rotatable bonds is 7. The number of hydrogen-bond acceptors (Lipinski definition) is 8. The second-order valence-corrected chi connectivity index (χ2v) is 8.69. The van der Waals surface area contributed by atoms with Gasteiger partial charge in [-0.25, -0.2) is 0 Å². The van der Waals surface area contributed by atoms with Gasteiger partial charge in [0.05, 0.1) is 21.3 Å². The molecule has 184 valence electrons. The van der Waals surface area contributed by atoms with Crippen LogP contribution < -0.4 is 24.0 Å². The van der Waals surface area contributed by atoms with Crippen LogP contribution in [0.25, 0.3) is 0 Å². The fourth-order valence-corrected chi connectivity index (χ4v) is 4.89. The van der Waals surface area contributed by atoms with Gasteiger partial charge in [-0.2, -0.15) is 0 Å². The fourth-order valence-electron chi connectivity index (χ4n) is 4.89. The molecule has 2 saturated heterocycles. The first kappa shape index (κ1) is 23.9.